The first-order valence-electron chi connectivity index (χ1n) is 10.7. The third-order valence-electron chi connectivity index (χ3n) is 8.51. The van der Waals surface area contributed by atoms with Gasteiger partial charge in [-0.05, 0) is 56.4 Å². The number of carbonyl (C=O) groups is 2. The lowest BCUT2D eigenvalue weighted by Crippen LogP contribution is -2.57. The maximum atomic E-state index is 12.8. The van der Waals surface area contributed by atoms with Crippen LogP contribution in [0.4, 0.5) is 0 Å². The maximum absolute atomic E-state index is 12.8. The van der Waals surface area contributed by atoms with Gasteiger partial charge in [-0.1, -0.05) is 49.6 Å². The Hall–Kier alpha value is -1.52. The number of Topliss-reactive ketones (excluding diaryl/α,β-unsaturated/α-hetero) is 1. The van der Waals surface area contributed by atoms with Gasteiger partial charge in [-0.25, -0.2) is 0 Å². The molecule has 4 rings (SSSR count). The first kappa shape index (κ1) is 19.8. The highest BCUT2D eigenvalue weighted by atomic mass is 16.3. The summed E-state index contributed by atoms with van der Waals surface area (Å²) in [7, 11) is 0. The number of hydrogen-bond donors (Lipinski definition) is 2. The molecule has 2 N–H and O–H groups in total. The molecule has 1 fully saturated rings. The largest absolute Gasteiger partial charge is 0.388 e. The van der Waals surface area contributed by atoms with Crippen molar-refractivity contribution < 1.29 is 19.8 Å². The van der Waals surface area contributed by atoms with E-state index < -0.39 is 23.4 Å². The number of rotatable bonds is 4. The van der Waals surface area contributed by atoms with Gasteiger partial charge in [0.2, 0.25) is 0 Å². The van der Waals surface area contributed by atoms with Crippen LogP contribution in [0.5, 0.6) is 0 Å². The molecule has 4 heteroatoms. The highest BCUT2D eigenvalue weighted by Gasteiger charge is 2.67. The van der Waals surface area contributed by atoms with Crippen molar-refractivity contribution in [3.05, 3.63) is 35.5 Å². The average Bonchev–Trinajstić information content (AvgIpc) is 2.90. The minimum atomic E-state index is -1.46. The molecule has 0 heterocycles. The Kier molecular flexibility index (Phi) is 4.59. The van der Waals surface area contributed by atoms with E-state index in [1.165, 1.54) is 11.1 Å². The molecule has 2 unspecified atom stereocenters. The predicted molar refractivity (Wildman–Crippen MR) is 107 cm³/mol. The van der Waals surface area contributed by atoms with Crippen molar-refractivity contribution in [3.8, 4) is 0 Å². The monoisotopic (exact) mass is 384 g/mol. The summed E-state index contributed by atoms with van der Waals surface area (Å²) in [5.74, 6) is 0.0985. The van der Waals surface area contributed by atoms with E-state index in [4.69, 9.17) is 0 Å². The molecular formula is C24H32O4. The summed E-state index contributed by atoms with van der Waals surface area (Å²) in [5.41, 5.74) is 0.299. The summed E-state index contributed by atoms with van der Waals surface area (Å²) in [6.07, 6.45) is 12.7. The zero-order valence-electron chi connectivity index (χ0n) is 17.2. The number of aliphatic hydroxyl groups excluding tert-OH is 1. The fourth-order valence-corrected chi connectivity index (χ4v) is 6.95. The van der Waals surface area contributed by atoms with E-state index in [0.29, 0.717) is 12.8 Å². The molecule has 0 aromatic carbocycles. The predicted octanol–water partition coefficient (Wildman–Crippen LogP) is 3.53. The first-order chi connectivity index (χ1) is 13.2. The standard InChI is InChI=1S/C24H32O4/c1-4-5-16-13-20-18-7-6-15-12-17(26)8-10-22(15,2)19(18)9-11-23(20,3)24(16,28)21(27)14-25/h6,8-10,16,18,20,25,28H,4-5,7,11-14H2,1-3H3/t16-,18?,20?,22+,23+,24+/m1/s1. The molecule has 152 valence electrons. The van der Waals surface area contributed by atoms with Gasteiger partial charge in [0.1, 0.15) is 12.2 Å². The van der Waals surface area contributed by atoms with Crippen LogP contribution in [-0.2, 0) is 9.59 Å². The van der Waals surface area contributed by atoms with Crippen LogP contribution in [-0.4, -0.2) is 34.0 Å². The van der Waals surface area contributed by atoms with Crippen molar-refractivity contribution in [1.29, 1.82) is 0 Å². The van der Waals surface area contributed by atoms with Crippen LogP contribution in [0.3, 0.4) is 0 Å². The van der Waals surface area contributed by atoms with Gasteiger partial charge in [-0.2, -0.15) is 0 Å². The lowest BCUT2D eigenvalue weighted by Gasteiger charge is -2.53. The minimum absolute atomic E-state index is 0.110. The Morgan fingerprint density at radius 1 is 1.29 bits per heavy atom. The maximum Gasteiger partial charge on any atom is 0.190 e. The normalized spacial score (nSPS) is 44.3. The highest BCUT2D eigenvalue weighted by molar-refractivity contribution is 5.94. The van der Waals surface area contributed by atoms with E-state index in [1.54, 1.807) is 6.08 Å². The molecule has 0 aromatic rings. The van der Waals surface area contributed by atoms with Crippen LogP contribution >= 0.6 is 0 Å². The Morgan fingerprint density at radius 2 is 2.04 bits per heavy atom. The van der Waals surface area contributed by atoms with Crippen LogP contribution in [0, 0.1) is 28.6 Å². The number of fused-ring (bicyclic) bond motifs is 5. The number of aliphatic hydroxyl groups is 2. The quantitative estimate of drug-likeness (QED) is 0.727. The van der Waals surface area contributed by atoms with Gasteiger partial charge in [0, 0.05) is 17.3 Å². The van der Waals surface area contributed by atoms with Crippen LogP contribution in [0.25, 0.3) is 0 Å². The molecule has 28 heavy (non-hydrogen) atoms. The molecule has 0 saturated heterocycles. The number of ketones is 2. The molecule has 0 aliphatic heterocycles. The van der Waals surface area contributed by atoms with E-state index in [2.05, 4.69) is 39.0 Å². The van der Waals surface area contributed by atoms with Crippen molar-refractivity contribution in [2.45, 2.75) is 64.9 Å². The summed E-state index contributed by atoms with van der Waals surface area (Å²) in [5, 5.41) is 21.3. The molecule has 4 nitrogen and oxygen atoms in total. The Bertz CT molecular complexity index is 805. The van der Waals surface area contributed by atoms with Gasteiger partial charge in [0.15, 0.2) is 11.6 Å². The van der Waals surface area contributed by atoms with Crippen molar-refractivity contribution in [1.82, 2.24) is 0 Å². The Labute approximate surface area is 167 Å². The lowest BCUT2D eigenvalue weighted by atomic mass is 9.52. The van der Waals surface area contributed by atoms with Crippen LogP contribution in [0.2, 0.25) is 0 Å². The topological polar surface area (TPSA) is 74.6 Å². The fraction of sp³-hybridized carbons (Fsp3) is 0.667. The zero-order chi connectivity index (χ0) is 20.3. The van der Waals surface area contributed by atoms with Gasteiger partial charge >= 0.3 is 0 Å². The van der Waals surface area contributed by atoms with Gasteiger partial charge < -0.3 is 10.2 Å². The summed E-state index contributed by atoms with van der Waals surface area (Å²) < 4.78 is 0. The average molecular weight is 385 g/mol. The second-order valence-corrected chi connectivity index (χ2v) is 9.71. The van der Waals surface area contributed by atoms with Gasteiger partial charge in [0.05, 0.1) is 0 Å². The zero-order valence-corrected chi connectivity index (χ0v) is 17.2. The Balaban J connectivity index is 1.79. The molecular weight excluding hydrogens is 352 g/mol. The summed E-state index contributed by atoms with van der Waals surface area (Å²) >= 11 is 0. The SMILES string of the molecule is CCC[C@@H]1CC2C3CC=C4CC(=O)C=C[C@]4(C)C3=CC[C@]2(C)[C@@]1(O)C(=O)CO. The number of hydrogen-bond acceptors (Lipinski definition) is 4. The molecule has 1 saturated carbocycles. The molecule has 0 spiro atoms. The minimum Gasteiger partial charge on any atom is -0.388 e. The summed E-state index contributed by atoms with van der Waals surface area (Å²) in [6.45, 7) is 5.73. The van der Waals surface area contributed by atoms with Crippen molar-refractivity contribution in [2.24, 2.45) is 28.6 Å². The molecule has 0 amide bonds. The van der Waals surface area contributed by atoms with Gasteiger partial charge in [-0.15, -0.1) is 0 Å². The van der Waals surface area contributed by atoms with Gasteiger partial charge in [-0.3, -0.25) is 9.59 Å². The van der Waals surface area contributed by atoms with Gasteiger partial charge in [0.25, 0.3) is 0 Å². The fourth-order valence-electron chi connectivity index (χ4n) is 6.95. The lowest BCUT2D eigenvalue weighted by molar-refractivity contribution is -0.162. The third-order valence-corrected chi connectivity index (χ3v) is 8.51. The van der Waals surface area contributed by atoms with E-state index >= 15 is 0 Å². The molecule has 6 atom stereocenters. The van der Waals surface area contributed by atoms with E-state index in [1.807, 2.05) is 0 Å². The van der Waals surface area contributed by atoms with Crippen LogP contribution in [0.15, 0.2) is 35.5 Å². The smallest absolute Gasteiger partial charge is 0.190 e. The van der Waals surface area contributed by atoms with Crippen LogP contribution < -0.4 is 0 Å². The summed E-state index contributed by atoms with van der Waals surface area (Å²) in [6, 6.07) is 0. The molecule has 0 aromatic heterocycles. The third kappa shape index (κ3) is 2.37. The summed E-state index contributed by atoms with van der Waals surface area (Å²) in [4.78, 5) is 24.7. The highest BCUT2D eigenvalue weighted by Crippen LogP contribution is 2.66. The van der Waals surface area contributed by atoms with Crippen molar-refractivity contribution >= 4 is 11.6 Å². The Morgan fingerprint density at radius 3 is 2.71 bits per heavy atom. The number of allylic oxidation sites excluding steroid dienone is 6. The molecule has 4 aliphatic carbocycles. The van der Waals surface area contributed by atoms with E-state index in [9.17, 15) is 19.8 Å². The first-order valence-corrected chi connectivity index (χ1v) is 10.7. The molecule has 0 bridgehead atoms. The van der Waals surface area contributed by atoms with E-state index in [-0.39, 0.29) is 29.0 Å². The molecule has 0 radical (unpaired) electrons. The van der Waals surface area contributed by atoms with Crippen molar-refractivity contribution in [3.63, 3.8) is 0 Å². The van der Waals surface area contributed by atoms with E-state index in [0.717, 1.165) is 25.7 Å². The second-order valence-electron chi connectivity index (χ2n) is 9.71. The number of carbonyl (C=O) groups excluding carboxylic acids is 2. The second kappa shape index (κ2) is 6.50. The van der Waals surface area contributed by atoms with Crippen molar-refractivity contribution in [2.75, 3.05) is 6.61 Å². The molecule has 4 aliphatic rings. The van der Waals surface area contributed by atoms with Crippen LogP contribution in [0.1, 0.15) is 59.3 Å².